The Labute approximate surface area is 133 Å². The molecule has 0 heterocycles. The first kappa shape index (κ1) is 14.9. The molecule has 110 valence electrons. The van der Waals surface area contributed by atoms with Crippen molar-refractivity contribution in [3.63, 3.8) is 0 Å². The van der Waals surface area contributed by atoms with Crippen LogP contribution in [0, 0.1) is 0 Å². The van der Waals surface area contributed by atoms with Gasteiger partial charge in [0, 0.05) is 22.0 Å². The molecule has 1 aliphatic carbocycles. The van der Waals surface area contributed by atoms with Gasteiger partial charge >= 0.3 is 0 Å². The molecule has 21 heavy (non-hydrogen) atoms. The quantitative estimate of drug-likeness (QED) is 0.931. The standard InChI is InChI=1S/C15H13Cl2NO2S/c16-10-3-1-9(2-4-10)13-14(18)15(13)21(19,20)12-7-5-11(17)6-8-12/h1-8,13-15H,18H2/t13-,14+,15+/m1/s1. The Morgan fingerprint density at radius 2 is 1.33 bits per heavy atom. The smallest absolute Gasteiger partial charge is 0.183 e. The molecule has 0 unspecified atom stereocenters. The minimum atomic E-state index is -3.46. The summed E-state index contributed by atoms with van der Waals surface area (Å²) in [6.45, 7) is 0. The van der Waals surface area contributed by atoms with Crippen LogP contribution in [0.2, 0.25) is 10.0 Å². The second kappa shape index (κ2) is 5.29. The van der Waals surface area contributed by atoms with Gasteiger partial charge in [-0.25, -0.2) is 8.42 Å². The molecule has 2 aromatic carbocycles. The molecule has 1 saturated carbocycles. The molecular weight excluding hydrogens is 329 g/mol. The van der Waals surface area contributed by atoms with Crippen LogP contribution in [0.3, 0.4) is 0 Å². The summed E-state index contributed by atoms with van der Waals surface area (Å²) in [4.78, 5) is 0.254. The lowest BCUT2D eigenvalue weighted by atomic mass is 10.1. The molecule has 0 saturated heterocycles. The van der Waals surface area contributed by atoms with Crippen molar-refractivity contribution >= 4 is 33.0 Å². The highest BCUT2D eigenvalue weighted by Crippen LogP contribution is 2.47. The number of sulfone groups is 1. The van der Waals surface area contributed by atoms with Gasteiger partial charge in [0.25, 0.3) is 0 Å². The van der Waals surface area contributed by atoms with E-state index in [1.54, 1.807) is 24.3 Å². The van der Waals surface area contributed by atoms with Crippen molar-refractivity contribution in [2.45, 2.75) is 22.1 Å². The highest BCUT2D eigenvalue weighted by atomic mass is 35.5. The summed E-state index contributed by atoms with van der Waals surface area (Å²) in [7, 11) is -3.46. The Hall–Kier alpha value is -1.07. The summed E-state index contributed by atoms with van der Waals surface area (Å²) in [6.07, 6.45) is 0. The second-order valence-corrected chi connectivity index (χ2v) is 8.10. The minimum Gasteiger partial charge on any atom is -0.326 e. The van der Waals surface area contributed by atoms with Gasteiger partial charge < -0.3 is 5.73 Å². The van der Waals surface area contributed by atoms with Crippen LogP contribution in [0.1, 0.15) is 11.5 Å². The van der Waals surface area contributed by atoms with Crippen molar-refractivity contribution in [3.8, 4) is 0 Å². The molecule has 6 heteroatoms. The Balaban J connectivity index is 1.91. The summed E-state index contributed by atoms with van der Waals surface area (Å²) in [5.74, 6) is -0.192. The Morgan fingerprint density at radius 3 is 1.86 bits per heavy atom. The van der Waals surface area contributed by atoms with Crippen LogP contribution in [-0.4, -0.2) is 19.7 Å². The maximum atomic E-state index is 12.6. The van der Waals surface area contributed by atoms with Crippen LogP contribution in [0.25, 0.3) is 0 Å². The number of hydrogen-bond acceptors (Lipinski definition) is 3. The number of nitrogens with two attached hydrogens (primary N) is 1. The maximum Gasteiger partial charge on any atom is 0.183 e. The Kier molecular flexibility index (Phi) is 3.74. The molecule has 0 amide bonds. The van der Waals surface area contributed by atoms with Gasteiger partial charge in [-0.05, 0) is 42.0 Å². The number of halogens is 2. The lowest BCUT2D eigenvalue weighted by molar-refractivity contribution is 0.593. The van der Waals surface area contributed by atoms with Crippen molar-refractivity contribution in [1.29, 1.82) is 0 Å². The van der Waals surface area contributed by atoms with Crippen LogP contribution in [-0.2, 0) is 9.84 Å². The zero-order valence-corrected chi connectivity index (χ0v) is 13.2. The largest absolute Gasteiger partial charge is 0.326 e. The van der Waals surface area contributed by atoms with E-state index in [0.29, 0.717) is 10.0 Å². The molecule has 0 bridgehead atoms. The third-order valence-electron chi connectivity index (χ3n) is 3.76. The normalized spacial score (nSPS) is 24.8. The fourth-order valence-electron chi connectivity index (χ4n) is 2.58. The van der Waals surface area contributed by atoms with Gasteiger partial charge in [-0.15, -0.1) is 0 Å². The highest BCUT2D eigenvalue weighted by Gasteiger charge is 2.57. The summed E-state index contributed by atoms with van der Waals surface area (Å²) >= 11 is 11.6. The van der Waals surface area contributed by atoms with Gasteiger partial charge in [-0.1, -0.05) is 35.3 Å². The average Bonchev–Trinajstić information content (AvgIpc) is 3.12. The molecule has 0 spiro atoms. The lowest BCUT2D eigenvalue weighted by Crippen LogP contribution is -2.15. The van der Waals surface area contributed by atoms with E-state index in [2.05, 4.69) is 0 Å². The van der Waals surface area contributed by atoms with Crippen molar-refractivity contribution in [2.24, 2.45) is 5.73 Å². The van der Waals surface area contributed by atoms with Gasteiger partial charge in [0.2, 0.25) is 0 Å². The van der Waals surface area contributed by atoms with Crippen LogP contribution >= 0.6 is 23.2 Å². The first-order valence-electron chi connectivity index (χ1n) is 6.42. The van der Waals surface area contributed by atoms with E-state index >= 15 is 0 Å². The van der Waals surface area contributed by atoms with Crippen molar-refractivity contribution in [2.75, 3.05) is 0 Å². The zero-order chi connectivity index (χ0) is 15.2. The summed E-state index contributed by atoms with van der Waals surface area (Å²) < 4.78 is 25.2. The second-order valence-electron chi connectivity index (χ2n) is 5.12. The number of benzene rings is 2. The molecule has 3 nitrogen and oxygen atoms in total. The third-order valence-corrected chi connectivity index (χ3v) is 6.52. The summed E-state index contributed by atoms with van der Waals surface area (Å²) in [5, 5.41) is 0.522. The lowest BCUT2D eigenvalue weighted by Gasteiger charge is -2.04. The predicted octanol–water partition coefficient (Wildman–Crippen LogP) is 3.26. The fraction of sp³-hybridized carbons (Fsp3) is 0.200. The van der Waals surface area contributed by atoms with E-state index < -0.39 is 21.1 Å². The monoisotopic (exact) mass is 341 g/mol. The third kappa shape index (κ3) is 2.69. The average molecular weight is 342 g/mol. The molecule has 0 aromatic heterocycles. The molecule has 2 N–H and O–H groups in total. The van der Waals surface area contributed by atoms with Gasteiger partial charge in [-0.3, -0.25) is 0 Å². The Bertz CT molecular complexity index is 757. The maximum absolute atomic E-state index is 12.6. The Morgan fingerprint density at radius 1 is 0.857 bits per heavy atom. The number of hydrogen-bond donors (Lipinski definition) is 1. The fourth-order valence-corrected chi connectivity index (χ4v) is 4.88. The first-order chi connectivity index (χ1) is 9.91. The van der Waals surface area contributed by atoms with Gasteiger partial charge in [-0.2, -0.15) is 0 Å². The van der Waals surface area contributed by atoms with E-state index in [-0.39, 0.29) is 10.8 Å². The van der Waals surface area contributed by atoms with E-state index in [1.165, 1.54) is 12.1 Å². The molecule has 3 rings (SSSR count). The predicted molar refractivity (Wildman–Crippen MR) is 84.6 cm³/mol. The summed E-state index contributed by atoms with van der Waals surface area (Å²) in [6, 6.07) is 12.9. The van der Waals surface area contributed by atoms with Crippen LogP contribution in [0.4, 0.5) is 0 Å². The minimum absolute atomic E-state index is 0.192. The highest BCUT2D eigenvalue weighted by molar-refractivity contribution is 7.92. The molecule has 1 aliphatic rings. The zero-order valence-electron chi connectivity index (χ0n) is 10.9. The SMILES string of the molecule is N[C@H]1[C@@H](c2ccc(Cl)cc2)[C@@H]1S(=O)(=O)c1ccc(Cl)cc1. The van der Waals surface area contributed by atoms with E-state index in [1.807, 2.05) is 12.1 Å². The molecular formula is C15H13Cl2NO2S. The topological polar surface area (TPSA) is 60.2 Å². The molecule has 0 aliphatic heterocycles. The van der Waals surface area contributed by atoms with Crippen LogP contribution in [0.15, 0.2) is 53.4 Å². The van der Waals surface area contributed by atoms with E-state index in [0.717, 1.165) is 5.56 Å². The van der Waals surface area contributed by atoms with Crippen LogP contribution in [0.5, 0.6) is 0 Å². The van der Waals surface area contributed by atoms with Crippen molar-refractivity contribution in [3.05, 3.63) is 64.1 Å². The van der Waals surface area contributed by atoms with E-state index in [4.69, 9.17) is 28.9 Å². The van der Waals surface area contributed by atoms with Gasteiger partial charge in [0.1, 0.15) is 0 Å². The molecule has 1 fully saturated rings. The molecule has 3 atom stereocenters. The molecule has 2 aromatic rings. The molecule has 0 radical (unpaired) electrons. The first-order valence-corrected chi connectivity index (χ1v) is 8.72. The van der Waals surface area contributed by atoms with E-state index in [9.17, 15) is 8.42 Å². The van der Waals surface area contributed by atoms with Crippen LogP contribution < -0.4 is 5.73 Å². The van der Waals surface area contributed by atoms with Gasteiger partial charge in [0.05, 0.1) is 10.1 Å². The summed E-state index contributed by atoms with van der Waals surface area (Å²) in [5.41, 5.74) is 6.89. The number of rotatable bonds is 3. The van der Waals surface area contributed by atoms with Gasteiger partial charge in [0.15, 0.2) is 9.84 Å². The van der Waals surface area contributed by atoms with Crippen molar-refractivity contribution < 1.29 is 8.42 Å². The van der Waals surface area contributed by atoms with Crippen molar-refractivity contribution in [1.82, 2.24) is 0 Å².